The summed E-state index contributed by atoms with van der Waals surface area (Å²) in [4.78, 5) is 11.6. The predicted octanol–water partition coefficient (Wildman–Crippen LogP) is 2.06. The summed E-state index contributed by atoms with van der Waals surface area (Å²) >= 11 is 3.48. The molecule has 0 aliphatic heterocycles. The molecular formula is C13H19BrN2O2. The first kappa shape index (κ1) is 15.0. The number of carbonyl (C=O) groups excluding carboxylic acids is 1. The van der Waals surface area contributed by atoms with Gasteiger partial charge in [-0.05, 0) is 31.9 Å². The standard InChI is InChI=1S/C13H19BrN2O2/c1-9(15-13(18)16-10(2)8-17)7-11-5-3-4-6-12(11)14/h3-6,9-10,17H,7-8H2,1-2H3,(H2,15,16,18). The molecule has 0 radical (unpaired) electrons. The molecule has 0 aromatic heterocycles. The van der Waals surface area contributed by atoms with Crippen molar-refractivity contribution in [3.05, 3.63) is 34.3 Å². The summed E-state index contributed by atoms with van der Waals surface area (Å²) in [5, 5.41) is 14.3. The lowest BCUT2D eigenvalue weighted by Gasteiger charge is -2.17. The van der Waals surface area contributed by atoms with Crippen molar-refractivity contribution >= 4 is 22.0 Å². The van der Waals surface area contributed by atoms with E-state index in [1.165, 1.54) is 0 Å². The van der Waals surface area contributed by atoms with E-state index in [2.05, 4.69) is 26.6 Å². The molecule has 0 aliphatic rings. The number of urea groups is 1. The summed E-state index contributed by atoms with van der Waals surface area (Å²) < 4.78 is 1.04. The predicted molar refractivity (Wildman–Crippen MR) is 75.5 cm³/mol. The third-order valence-electron chi connectivity index (χ3n) is 2.51. The number of carbonyl (C=O) groups is 1. The summed E-state index contributed by atoms with van der Waals surface area (Å²) in [5.74, 6) is 0. The fraction of sp³-hybridized carbons (Fsp3) is 0.462. The molecule has 1 aromatic carbocycles. The van der Waals surface area contributed by atoms with Gasteiger partial charge in [-0.1, -0.05) is 34.1 Å². The molecule has 2 unspecified atom stereocenters. The second kappa shape index (κ2) is 7.38. The van der Waals surface area contributed by atoms with Gasteiger partial charge < -0.3 is 15.7 Å². The zero-order valence-corrected chi connectivity index (χ0v) is 12.2. The number of amides is 2. The maximum atomic E-state index is 11.6. The first-order valence-corrected chi connectivity index (χ1v) is 6.73. The third-order valence-corrected chi connectivity index (χ3v) is 3.29. The van der Waals surface area contributed by atoms with Gasteiger partial charge in [0.05, 0.1) is 12.6 Å². The van der Waals surface area contributed by atoms with Crippen LogP contribution in [0.25, 0.3) is 0 Å². The number of nitrogens with one attached hydrogen (secondary N) is 2. The number of rotatable bonds is 5. The van der Waals surface area contributed by atoms with Crippen LogP contribution < -0.4 is 10.6 Å². The smallest absolute Gasteiger partial charge is 0.315 e. The molecular weight excluding hydrogens is 296 g/mol. The molecule has 3 N–H and O–H groups in total. The van der Waals surface area contributed by atoms with Gasteiger partial charge in [0, 0.05) is 10.5 Å². The quantitative estimate of drug-likeness (QED) is 0.779. The van der Waals surface area contributed by atoms with Crippen LogP contribution in [0.4, 0.5) is 4.79 Å². The van der Waals surface area contributed by atoms with E-state index in [0.717, 1.165) is 16.5 Å². The second-order valence-electron chi connectivity index (χ2n) is 4.40. The minimum absolute atomic E-state index is 0.0228. The fourth-order valence-corrected chi connectivity index (χ4v) is 2.03. The van der Waals surface area contributed by atoms with Crippen LogP contribution in [0, 0.1) is 0 Å². The Morgan fingerprint density at radius 1 is 1.28 bits per heavy atom. The number of hydrogen-bond donors (Lipinski definition) is 3. The topological polar surface area (TPSA) is 61.4 Å². The van der Waals surface area contributed by atoms with Gasteiger partial charge >= 0.3 is 6.03 Å². The lowest BCUT2D eigenvalue weighted by molar-refractivity contribution is 0.218. The van der Waals surface area contributed by atoms with Crippen LogP contribution in [-0.2, 0) is 6.42 Å². The highest BCUT2D eigenvalue weighted by molar-refractivity contribution is 9.10. The van der Waals surface area contributed by atoms with E-state index >= 15 is 0 Å². The molecule has 0 fully saturated rings. The van der Waals surface area contributed by atoms with Crippen LogP contribution in [0.3, 0.4) is 0 Å². The average Bonchev–Trinajstić information content (AvgIpc) is 2.31. The van der Waals surface area contributed by atoms with Gasteiger partial charge in [0.2, 0.25) is 0 Å². The molecule has 0 aliphatic carbocycles. The van der Waals surface area contributed by atoms with Gasteiger partial charge in [-0.3, -0.25) is 0 Å². The highest BCUT2D eigenvalue weighted by atomic mass is 79.9. The summed E-state index contributed by atoms with van der Waals surface area (Å²) in [6.45, 7) is 3.63. The van der Waals surface area contributed by atoms with Crippen LogP contribution in [0.2, 0.25) is 0 Å². The molecule has 0 spiro atoms. The summed E-state index contributed by atoms with van der Waals surface area (Å²) in [5.41, 5.74) is 1.15. The van der Waals surface area contributed by atoms with Crippen molar-refractivity contribution < 1.29 is 9.90 Å². The van der Waals surface area contributed by atoms with Crippen LogP contribution >= 0.6 is 15.9 Å². The van der Waals surface area contributed by atoms with Crippen molar-refractivity contribution in [3.63, 3.8) is 0 Å². The molecule has 0 saturated carbocycles. The molecule has 0 saturated heterocycles. The summed E-state index contributed by atoms with van der Waals surface area (Å²) in [6.07, 6.45) is 0.752. The highest BCUT2D eigenvalue weighted by Gasteiger charge is 2.11. The Morgan fingerprint density at radius 2 is 1.89 bits per heavy atom. The number of benzene rings is 1. The number of aliphatic hydroxyl groups is 1. The van der Waals surface area contributed by atoms with Crippen molar-refractivity contribution in [3.8, 4) is 0 Å². The van der Waals surface area contributed by atoms with Crippen molar-refractivity contribution in [2.45, 2.75) is 32.4 Å². The zero-order valence-electron chi connectivity index (χ0n) is 10.6. The van der Waals surface area contributed by atoms with Gasteiger partial charge in [0.25, 0.3) is 0 Å². The van der Waals surface area contributed by atoms with E-state index in [-0.39, 0.29) is 24.7 Å². The Hall–Kier alpha value is -1.07. The third kappa shape index (κ3) is 5.06. The molecule has 1 rings (SSSR count). The number of aliphatic hydroxyl groups excluding tert-OH is 1. The van der Waals surface area contributed by atoms with E-state index < -0.39 is 0 Å². The normalized spacial score (nSPS) is 13.8. The lowest BCUT2D eigenvalue weighted by atomic mass is 10.1. The van der Waals surface area contributed by atoms with E-state index in [1.807, 2.05) is 31.2 Å². The lowest BCUT2D eigenvalue weighted by Crippen LogP contribution is -2.46. The van der Waals surface area contributed by atoms with Gasteiger partial charge in [0.1, 0.15) is 0 Å². The minimum atomic E-state index is -0.254. The zero-order chi connectivity index (χ0) is 13.5. The molecule has 1 aromatic rings. The van der Waals surface area contributed by atoms with Crippen molar-refractivity contribution in [1.82, 2.24) is 10.6 Å². The van der Waals surface area contributed by atoms with Gasteiger partial charge in [-0.2, -0.15) is 0 Å². The Morgan fingerprint density at radius 3 is 2.50 bits per heavy atom. The first-order chi connectivity index (χ1) is 8.52. The monoisotopic (exact) mass is 314 g/mol. The van der Waals surface area contributed by atoms with Gasteiger partial charge in [-0.15, -0.1) is 0 Å². The van der Waals surface area contributed by atoms with Crippen LogP contribution in [0.1, 0.15) is 19.4 Å². The largest absolute Gasteiger partial charge is 0.394 e. The SMILES string of the molecule is CC(CO)NC(=O)NC(C)Cc1ccccc1Br. The van der Waals surface area contributed by atoms with Crippen molar-refractivity contribution in [2.75, 3.05) is 6.61 Å². The Kier molecular flexibility index (Phi) is 6.15. The van der Waals surface area contributed by atoms with E-state index in [4.69, 9.17) is 5.11 Å². The molecule has 0 heterocycles. The number of hydrogen-bond acceptors (Lipinski definition) is 2. The van der Waals surface area contributed by atoms with Crippen LogP contribution in [0.15, 0.2) is 28.7 Å². The minimum Gasteiger partial charge on any atom is -0.394 e. The molecule has 2 amide bonds. The fourth-order valence-electron chi connectivity index (χ4n) is 1.58. The molecule has 5 heteroatoms. The first-order valence-electron chi connectivity index (χ1n) is 5.94. The summed E-state index contributed by atoms with van der Waals surface area (Å²) in [6, 6.07) is 7.47. The van der Waals surface area contributed by atoms with E-state index in [0.29, 0.717) is 0 Å². The number of halogens is 1. The van der Waals surface area contributed by atoms with Crippen LogP contribution in [-0.4, -0.2) is 29.8 Å². The summed E-state index contributed by atoms with van der Waals surface area (Å²) in [7, 11) is 0. The molecule has 4 nitrogen and oxygen atoms in total. The molecule has 2 atom stereocenters. The maximum absolute atomic E-state index is 11.6. The van der Waals surface area contributed by atoms with Crippen molar-refractivity contribution in [1.29, 1.82) is 0 Å². The molecule has 18 heavy (non-hydrogen) atoms. The second-order valence-corrected chi connectivity index (χ2v) is 5.25. The molecule has 0 bridgehead atoms. The van der Waals surface area contributed by atoms with Crippen LogP contribution in [0.5, 0.6) is 0 Å². The van der Waals surface area contributed by atoms with Crippen molar-refractivity contribution in [2.24, 2.45) is 0 Å². The van der Waals surface area contributed by atoms with E-state index in [9.17, 15) is 4.79 Å². The van der Waals surface area contributed by atoms with Gasteiger partial charge in [-0.25, -0.2) is 4.79 Å². The Labute approximate surface area is 116 Å². The Bertz CT molecular complexity index is 398. The Balaban J connectivity index is 2.44. The highest BCUT2D eigenvalue weighted by Crippen LogP contribution is 2.17. The maximum Gasteiger partial charge on any atom is 0.315 e. The van der Waals surface area contributed by atoms with Gasteiger partial charge in [0.15, 0.2) is 0 Å². The van der Waals surface area contributed by atoms with E-state index in [1.54, 1.807) is 6.92 Å². The average molecular weight is 315 g/mol. The molecule has 100 valence electrons.